The van der Waals surface area contributed by atoms with Crippen LogP contribution in [0.25, 0.3) is 0 Å². The maximum Gasteiger partial charge on any atom is 0.391 e. The Morgan fingerprint density at radius 3 is 2.70 bits per heavy atom. The maximum atomic E-state index is 13.8. The lowest BCUT2D eigenvalue weighted by Gasteiger charge is -2.39. The lowest BCUT2D eigenvalue weighted by Crippen LogP contribution is -2.49. The molecule has 2 unspecified atom stereocenters. The average molecular weight is 310 g/mol. The predicted octanol–water partition coefficient (Wildman–Crippen LogP) is 4.47. The number of nitrogens with two attached hydrogens (primary N) is 1. The van der Waals surface area contributed by atoms with Gasteiger partial charge in [-0.1, -0.05) is 30.2 Å². The number of hydrogen-bond donors (Lipinski definition) is 1. The Bertz CT molecular complexity index is 489. The SMILES string of the molecule is NC1(Cc2cccc(Cl)c2F)CCCC(C(F)(F)F)C1. The molecule has 1 fully saturated rings. The Labute approximate surface area is 120 Å². The molecule has 0 spiro atoms. The number of halogens is 5. The highest BCUT2D eigenvalue weighted by Crippen LogP contribution is 2.42. The molecule has 2 atom stereocenters. The Morgan fingerprint density at radius 1 is 1.35 bits per heavy atom. The van der Waals surface area contributed by atoms with Gasteiger partial charge in [-0.05, 0) is 37.3 Å². The highest BCUT2D eigenvalue weighted by atomic mass is 35.5. The van der Waals surface area contributed by atoms with Crippen molar-refractivity contribution in [2.24, 2.45) is 11.7 Å². The van der Waals surface area contributed by atoms with Crippen molar-refractivity contribution in [1.82, 2.24) is 0 Å². The molecular weight excluding hydrogens is 294 g/mol. The first kappa shape index (κ1) is 15.6. The summed E-state index contributed by atoms with van der Waals surface area (Å²) in [5.41, 5.74) is 5.34. The van der Waals surface area contributed by atoms with Crippen LogP contribution in [0.4, 0.5) is 17.6 Å². The van der Waals surface area contributed by atoms with Gasteiger partial charge in [-0.2, -0.15) is 13.2 Å². The normalized spacial score (nSPS) is 27.6. The van der Waals surface area contributed by atoms with Crippen LogP contribution < -0.4 is 5.73 Å². The van der Waals surface area contributed by atoms with Gasteiger partial charge in [-0.25, -0.2) is 4.39 Å². The first-order chi connectivity index (χ1) is 9.21. The van der Waals surface area contributed by atoms with Gasteiger partial charge in [0.1, 0.15) is 5.82 Å². The molecule has 1 aliphatic rings. The van der Waals surface area contributed by atoms with Gasteiger partial charge in [0, 0.05) is 5.54 Å². The average Bonchev–Trinajstić information content (AvgIpc) is 2.34. The first-order valence-corrected chi connectivity index (χ1v) is 6.87. The smallest absolute Gasteiger partial charge is 0.325 e. The van der Waals surface area contributed by atoms with Crippen molar-refractivity contribution in [3.63, 3.8) is 0 Å². The van der Waals surface area contributed by atoms with Gasteiger partial charge in [0.2, 0.25) is 0 Å². The van der Waals surface area contributed by atoms with E-state index >= 15 is 0 Å². The molecule has 0 aromatic heterocycles. The summed E-state index contributed by atoms with van der Waals surface area (Å²) in [6.45, 7) is 0. The van der Waals surface area contributed by atoms with E-state index in [-0.39, 0.29) is 29.8 Å². The number of hydrogen-bond acceptors (Lipinski definition) is 1. The number of rotatable bonds is 2. The molecule has 2 rings (SSSR count). The topological polar surface area (TPSA) is 26.0 Å². The molecule has 0 radical (unpaired) electrons. The van der Waals surface area contributed by atoms with E-state index in [2.05, 4.69) is 0 Å². The Morgan fingerprint density at radius 2 is 2.05 bits per heavy atom. The van der Waals surface area contributed by atoms with E-state index in [1.165, 1.54) is 12.1 Å². The van der Waals surface area contributed by atoms with Crippen LogP contribution in [-0.2, 0) is 6.42 Å². The maximum absolute atomic E-state index is 13.8. The first-order valence-electron chi connectivity index (χ1n) is 6.50. The summed E-state index contributed by atoms with van der Waals surface area (Å²) in [5.74, 6) is -1.99. The van der Waals surface area contributed by atoms with Crippen LogP contribution in [0.2, 0.25) is 5.02 Å². The molecule has 6 heteroatoms. The van der Waals surface area contributed by atoms with Gasteiger partial charge < -0.3 is 5.73 Å². The molecule has 1 saturated carbocycles. The van der Waals surface area contributed by atoms with E-state index < -0.39 is 23.5 Å². The van der Waals surface area contributed by atoms with Gasteiger partial charge in [0.05, 0.1) is 10.9 Å². The van der Waals surface area contributed by atoms with Crippen LogP contribution in [0.3, 0.4) is 0 Å². The summed E-state index contributed by atoms with van der Waals surface area (Å²) < 4.78 is 52.3. The molecule has 0 aliphatic heterocycles. The van der Waals surface area contributed by atoms with Crippen molar-refractivity contribution in [3.8, 4) is 0 Å². The summed E-state index contributed by atoms with van der Waals surface area (Å²) >= 11 is 5.68. The van der Waals surface area contributed by atoms with Gasteiger partial charge in [0.25, 0.3) is 0 Å². The highest BCUT2D eigenvalue weighted by Gasteiger charge is 2.46. The number of benzene rings is 1. The summed E-state index contributed by atoms with van der Waals surface area (Å²) in [6, 6.07) is 4.50. The highest BCUT2D eigenvalue weighted by molar-refractivity contribution is 6.30. The fraction of sp³-hybridized carbons (Fsp3) is 0.571. The van der Waals surface area contributed by atoms with Crippen LogP contribution in [0.15, 0.2) is 18.2 Å². The Hall–Kier alpha value is -0.810. The fourth-order valence-corrected chi connectivity index (χ4v) is 3.09. The lowest BCUT2D eigenvalue weighted by molar-refractivity contribution is -0.187. The number of alkyl halides is 3. The zero-order valence-corrected chi connectivity index (χ0v) is 11.6. The predicted molar refractivity (Wildman–Crippen MR) is 70.0 cm³/mol. The molecule has 0 bridgehead atoms. The van der Waals surface area contributed by atoms with E-state index in [9.17, 15) is 17.6 Å². The summed E-state index contributed by atoms with van der Waals surface area (Å²) in [4.78, 5) is 0. The monoisotopic (exact) mass is 309 g/mol. The molecule has 2 N–H and O–H groups in total. The van der Waals surface area contributed by atoms with Crippen LogP contribution in [0, 0.1) is 11.7 Å². The van der Waals surface area contributed by atoms with Crippen molar-refractivity contribution in [3.05, 3.63) is 34.6 Å². The second kappa shape index (κ2) is 5.53. The van der Waals surface area contributed by atoms with Gasteiger partial charge in [-0.15, -0.1) is 0 Å². The van der Waals surface area contributed by atoms with E-state index in [0.29, 0.717) is 12.8 Å². The standard InChI is InChI=1S/C14H16ClF4N/c15-11-5-1-3-9(12(11)16)7-13(20)6-2-4-10(8-13)14(17,18)19/h1,3,5,10H,2,4,6-8,20H2. The molecule has 1 aliphatic carbocycles. The van der Waals surface area contributed by atoms with Crippen LogP contribution in [-0.4, -0.2) is 11.7 Å². The van der Waals surface area contributed by atoms with Crippen molar-refractivity contribution in [2.45, 2.75) is 43.8 Å². The van der Waals surface area contributed by atoms with Gasteiger partial charge in [0.15, 0.2) is 0 Å². The fourth-order valence-electron chi connectivity index (χ4n) is 2.90. The molecule has 112 valence electrons. The third kappa shape index (κ3) is 3.44. The van der Waals surface area contributed by atoms with Crippen molar-refractivity contribution < 1.29 is 17.6 Å². The van der Waals surface area contributed by atoms with Crippen LogP contribution in [0.1, 0.15) is 31.2 Å². The lowest BCUT2D eigenvalue weighted by atomic mass is 9.73. The van der Waals surface area contributed by atoms with E-state index in [0.717, 1.165) is 0 Å². The van der Waals surface area contributed by atoms with Crippen LogP contribution >= 0.6 is 11.6 Å². The molecule has 0 heterocycles. The van der Waals surface area contributed by atoms with E-state index in [1.54, 1.807) is 6.07 Å². The molecule has 0 amide bonds. The molecule has 1 aromatic rings. The van der Waals surface area contributed by atoms with Crippen molar-refractivity contribution >= 4 is 11.6 Å². The molecular formula is C14H16ClF4N. The minimum atomic E-state index is -4.24. The van der Waals surface area contributed by atoms with Gasteiger partial charge >= 0.3 is 6.18 Å². The van der Waals surface area contributed by atoms with Crippen molar-refractivity contribution in [1.29, 1.82) is 0 Å². The van der Waals surface area contributed by atoms with Gasteiger partial charge in [-0.3, -0.25) is 0 Å². The molecule has 20 heavy (non-hydrogen) atoms. The minimum Gasteiger partial charge on any atom is -0.325 e. The van der Waals surface area contributed by atoms with Crippen molar-refractivity contribution in [2.75, 3.05) is 0 Å². The van der Waals surface area contributed by atoms with E-state index in [1.807, 2.05) is 0 Å². The zero-order chi connectivity index (χ0) is 15.0. The molecule has 0 saturated heterocycles. The molecule has 1 aromatic carbocycles. The summed E-state index contributed by atoms with van der Waals surface area (Å²) in [6.07, 6.45) is -3.36. The second-order valence-corrected chi connectivity index (χ2v) is 5.99. The van der Waals surface area contributed by atoms with Crippen LogP contribution in [0.5, 0.6) is 0 Å². The van der Waals surface area contributed by atoms with E-state index in [4.69, 9.17) is 17.3 Å². The second-order valence-electron chi connectivity index (χ2n) is 5.59. The zero-order valence-electron chi connectivity index (χ0n) is 10.8. The molecule has 1 nitrogen and oxygen atoms in total. The summed E-state index contributed by atoms with van der Waals surface area (Å²) in [5, 5.41) is -0.0331. The minimum absolute atomic E-state index is 0.0331. The summed E-state index contributed by atoms with van der Waals surface area (Å²) in [7, 11) is 0. The third-order valence-corrected chi connectivity index (χ3v) is 4.21. The largest absolute Gasteiger partial charge is 0.391 e. The quantitative estimate of drug-likeness (QED) is 0.801. The Balaban J connectivity index is 2.17. The Kier molecular flexibility index (Phi) is 4.30. The third-order valence-electron chi connectivity index (χ3n) is 3.92.